The van der Waals surface area contributed by atoms with Crippen LogP contribution >= 0.6 is 0 Å². The Morgan fingerprint density at radius 3 is 2.33 bits per heavy atom. The second kappa shape index (κ2) is 19.4. The van der Waals surface area contributed by atoms with Crippen molar-refractivity contribution in [3.8, 4) is 5.75 Å². The molecular weight excluding hydrogens is 869 g/mol. The Morgan fingerprint density at radius 1 is 1.00 bits per heavy atom. The van der Waals surface area contributed by atoms with Gasteiger partial charge in [-0.3, -0.25) is 34.5 Å². The van der Waals surface area contributed by atoms with Crippen molar-refractivity contribution < 1.29 is 42.0 Å². The number of hydrogen-bond acceptors (Lipinski definition) is 12. The summed E-state index contributed by atoms with van der Waals surface area (Å²) in [4.78, 5) is 71.5. The van der Waals surface area contributed by atoms with Gasteiger partial charge in [0, 0.05) is 44.6 Å². The van der Waals surface area contributed by atoms with Crippen molar-refractivity contribution in [2.24, 2.45) is 10.7 Å². The van der Waals surface area contributed by atoms with Crippen molar-refractivity contribution in [3.63, 3.8) is 0 Å². The fourth-order valence-corrected chi connectivity index (χ4v) is 10.5. The number of carbonyl (C=O) groups is 4. The lowest BCUT2D eigenvalue weighted by Gasteiger charge is -2.46. The van der Waals surface area contributed by atoms with Gasteiger partial charge in [0.15, 0.2) is 5.78 Å². The Kier molecular flexibility index (Phi) is 14.5. The number of rotatable bonds is 15. The molecule has 0 radical (unpaired) electrons. The molecule has 3 aliphatic heterocycles. The number of sulfonamides is 1. The number of ether oxygens (including phenoxy) is 2. The minimum absolute atomic E-state index is 0.0181. The largest absolute Gasteiger partial charge is 0.487 e. The first kappa shape index (κ1) is 49.4. The number of hydrogen-bond donors (Lipinski definition) is 4. The predicted molar refractivity (Wildman–Crippen MR) is 247 cm³/mol. The van der Waals surface area contributed by atoms with E-state index in [4.69, 9.17) is 15.2 Å². The summed E-state index contributed by atoms with van der Waals surface area (Å²) in [5.41, 5.74) is 7.29. The monoisotopic (exact) mass is 930 g/mol. The topological polar surface area (TPSA) is 245 Å². The smallest absolute Gasteiger partial charge is 0.408 e. The number of benzene rings is 3. The zero-order valence-electron chi connectivity index (χ0n) is 39.0. The number of hydrazine groups is 1. The van der Waals surface area contributed by atoms with Gasteiger partial charge >= 0.3 is 6.09 Å². The van der Waals surface area contributed by atoms with E-state index >= 15 is 0 Å². The van der Waals surface area contributed by atoms with Crippen LogP contribution in [-0.2, 0) is 48.4 Å². The maximum Gasteiger partial charge on any atom is 0.408 e. The van der Waals surface area contributed by atoms with Crippen LogP contribution < -0.4 is 25.8 Å². The maximum absolute atomic E-state index is 14.7. The molecule has 3 heterocycles. The lowest BCUT2D eigenvalue weighted by atomic mass is 9.84. The van der Waals surface area contributed by atoms with Crippen LogP contribution in [0.3, 0.4) is 0 Å². The molecule has 0 unspecified atom stereocenters. The summed E-state index contributed by atoms with van der Waals surface area (Å²) in [6.45, 7) is 15.2. The molecule has 3 amide bonds. The summed E-state index contributed by atoms with van der Waals surface area (Å²) in [5, 5.41) is 20.2. The maximum atomic E-state index is 14.7. The first-order valence-electron chi connectivity index (χ1n) is 22.2. The highest BCUT2D eigenvalue weighted by Gasteiger charge is 2.54. The number of ketones is 1. The molecule has 2 saturated heterocycles. The zero-order valence-corrected chi connectivity index (χ0v) is 39.8. The van der Waals surface area contributed by atoms with Gasteiger partial charge in [0.05, 0.1) is 15.9 Å². The molecule has 0 aromatic heterocycles. The van der Waals surface area contributed by atoms with Crippen LogP contribution in [0.15, 0.2) is 64.5 Å². The number of nitro groups is 1. The Hall–Kier alpha value is -6.08. The van der Waals surface area contributed by atoms with Gasteiger partial charge in [0.25, 0.3) is 21.6 Å². The van der Waals surface area contributed by atoms with Gasteiger partial charge in [-0.15, -0.1) is 0 Å². The number of Topliss-reactive ketones (excluding diaryl/α,β-unsaturated/α-hetero) is 1. The van der Waals surface area contributed by atoms with E-state index in [1.54, 1.807) is 39.6 Å². The molecule has 3 aliphatic rings. The molecule has 19 heteroatoms. The number of amides is 3. The third kappa shape index (κ3) is 11.3. The van der Waals surface area contributed by atoms with Crippen molar-refractivity contribution in [1.82, 2.24) is 25.4 Å². The second-order valence-corrected chi connectivity index (χ2v) is 20.7. The molecular formula is C47H62N8O10S. The van der Waals surface area contributed by atoms with Crippen LogP contribution in [0.1, 0.15) is 100 Å². The number of nitrogens with one attached hydrogen (secondary N) is 3. The third-order valence-electron chi connectivity index (χ3n) is 12.4. The Morgan fingerprint density at radius 2 is 1.68 bits per heavy atom. The van der Waals surface area contributed by atoms with Crippen LogP contribution in [0.4, 0.5) is 10.5 Å². The SMILES string of the molecule is Cc1c(C)c(S(=O)(=O)NC(N)=NCCC[C@H](NC(=O)[C@@H]2CCN3CC[C@](Cc4ccccc4)(NC(=O)OC(C)(C)C)C(=O)N23)C(=O)Cc2ccc([N+](=O)[O-])cc2)c(C)c2c1OC(C)(C)CC2. The van der Waals surface area contributed by atoms with E-state index < -0.39 is 61.9 Å². The number of nitrogens with two attached hydrogens (primary N) is 1. The van der Waals surface area contributed by atoms with Crippen molar-refractivity contribution >= 4 is 45.4 Å². The first-order valence-corrected chi connectivity index (χ1v) is 23.7. The van der Waals surface area contributed by atoms with Gasteiger partial charge in [0.2, 0.25) is 11.9 Å². The molecule has 0 saturated carbocycles. The van der Waals surface area contributed by atoms with Crippen molar-refractivity contribution in [2.75, 3.05) is 19.6 Å². The van der Waals surface area contributed by atoms with Crippen LogP contribution in [0, 0.1) is 30.9 Å². The summed E-state index contributed by atoms with van der Waals surface area (Å²) >= 11 is 0. The molecule has 0 bridgehead atoms. The summed E-state index contributed by atoms with van der Waals surface area (Å²) in [5.74, 6) is -1.13. The standard InChI is InChI=1S/C47H62N8O10S/c1-29-30(2)40(31(3)35-20-22-46(7,8)64-39(29)35)66(62,63)52-43(48)49-24-12-15-36(38(56)27-32-16-18-34(19-17-32)55(60)61)50-41(57)37-21-25-53-26-23-47(42(58)54(37)53,28-33-13-10-9-11-14-33)51-44(59)65-45(4,5)6/h9-11,13-14,16-19,36-37H,12,15,20-28H2,1-8H3,(H,50,57)(H,51,59)(H3,48,49,52)/t36-,37-,47+/m0/s1. The molecule has 18 nitrogen and oxygen atoms in total. The average molecular weight is 931 g/mol. The Balaban J connectivity index is 1.19. The Labute approximate surface area is 386 Å². The molecule has 0 aliphatic carbocycles. The van der Waals surface area contributed by atoms with E-state index in [0.29, 0.717) is 42.0 Å². The number of carbonyl (C=O) groups excluding carboxylic acids is 4. The molecule has 2 fully saturated rings. The second-order valence-electron chi connectivity index (χ2n) is 19.0. The van der Waals surface area contributed by atoms with Crippen LogP contribution in [0.25, 0.3) is 0 Å². The molecule has 5 N–H and O–H groups in total. The first-order chi connectivity index (χ1) is 30.9. The summed E-state index contributed by atoms with van der Waals surface area (Å²) in [6.07, 6.45) is 1.31. The summed E-state index contributed by atoms with van der Waals surface area (Å²) in [7, 11) is -4.18. The predicted octanol–water partition coefficient (Wildman–Crippen LogP) is 5.02. The third-order valence-corrected chi connectivity index (χ3v) is 14.0. The van der Waals surface area contributed by atoms with Crippen LogP contribution in [0.5, 0.6) is 5.75 Å². The fraction of sp³-hybridized carbons (Fsp3) is 0.511. The Bertz CT molecular complexity index is 2510. The van der Waals surface area contributed by atoms with Crippen molar-refractivity contribution in [1.29, 1.82) is 0 Å². The number of alkyl carbamates (subject to hydrolysis) is 1. The quantitative estimate of drug-likeness (QED) is 0.0516. The van der Waals surface area contributed by atoms with E-state index in [0.717, 1.165) is 23.1 Å². The highest BCUT2D eigenvalue weighted by atomic mass is 32.2. The number of guanidine groups is 1. The van der Waals surface area contributed by atoms with E-state index in [-0.39, 0.29) is 67.2 Å². The van der Waals surface area contributed by atoms with Crippen LogP contribution in [0.2, 0.25) is 0 Å². The van der Waals surface area contributed by atoms with Gasteiger partial charge in [-0.2, -0.15) is 0 Å². The van der Waals surface area contributed by atoms with E-state index in [9.17, 15) is 37.7 Å². The number of aliphatic imine (C=N–C) groups is 1. The molecule has 6 rings (SSSR count). The average Bonchev–Trinajstić information content (AvgIpc) is 3.67. The molecule has 3 aromatic carbocycles. The fourth-order valence-electron chi connectivity index (χ4n) is 8.95. The van der Waals surface area contributed by atoms with Gasteiger partial charge in [0.1, 0.15) is 28.5 Å². The van der Waals surface area contributed by atoms with Gasteiger partial charge in [-0.25, -0.2) is 22.9 Å². The highest BCUT2D eigenvalue weighted by molar-refractivity contribution is 7.90. The van der Waals surface area contributed by atoms with Gasteiger partial charge < -0.3 is 25.8 Å². The molecule has 3 atom stereocenters. The minimum Gasteiger partial charge on any atom is -0.487 e. The number of non-ortho nitro benzene ring substituents is 1. The lowest BCUT2D eigenvalue weighted by molar-refractivity contribution is -0.384. The van der Waals surface area contributed by atoms with E-state index in [1.807, 2.05) is 51.1 Å². The molecule has 3 aromatic rings. The van der Waals surface area contributed by atoms with Gasteiger partial charge in [-0.1, -0.05) is 42.5 Å². The van der Waals surface area contributed by atoms with Crippen molar-refractivity contribution in [3.05, 3.63) is 98.1 Å². The normalized spacial score (nSPS) is 20.1. The van der Waals surface area contributed by atoms with Crippen molar-refractivity contribution in [2.45, 2.75) is 140 Å². The molecule has 66 heavy (non-hydrogen) atoms. The summed E-state index contributed by atoms with van der Waals surface area (Å²) < 4.78 is 41.9. The minimum atomic E-state index is -4.18. The number of nitrogens with zero attached hydrogens (tertiary/aromatic N) is 4. The molecule has 0 spiro atoms. The number of fused-ring (bicyclic) bond motifs is 2. The van der Waals surface area contributed by atoms with E-state index in [2.05, 4.69) is 20.3 Å². The zero-order chi connectivity index (χ0) is 48.4. The number of nitro benzene ring substituents is 1. The van der Waals surface area contributed by atoms with E-state index in [1.165, 1.54) is 29.3 Å². The van der Waals surface area contributed by atoms with Gasteiger partial charge in [-0.05, 0) is 127 Å². The molecule has 356 valence electrons. The highest BCUT2D eigenvalue weighted by Crippen LogP contribution is 2.42. The summed E-state index contributed by atoms with van der Waals surface area (Å²) in [6, 6.07) is 12.6. The lowest BCUT2D eigenvalue weighted by Crippen LogP contribution is -2.70. The van der Waals surface area contributed by atoms with Crippen LogP contribution in [-0.4, -0.2) is 101 Å².